The molecule has 0 amide bonds. The third kappa shape index (κ3) is 3.90. The molecule has 140 valence electrons. The van der Waals surface area contributed by atoms with Gasteiger partial charge in [-0.2, -0.15) is 0 Å². The van der Waals surface area contributed by atoms with Gasteiger partial charge in [0.1, 0.15) is 11.4 Å². The minimum Gasteiger partial charge on any atom is -0.497 e. The Labute approximate surface area is 153 Å². The number of rotatable bonds is 6. The summed E-state index contributed by atoms with van der Waals surface area (Å²) >= 11 is 0. The molecule has 0 saturated carbocycles. The third-order valence-corrected chi connectivity index (χ3v) is 4.26. The lowest BCUT2D eigenvalue weighted by Gasteiger charge is -2.30. The van der Waals surface area contributed by atoms with Gasteiger partial charge in [-0.15, -0.1) is 0 Å². The van der Waals surface area contributed by atoms with Crippen LogP contribution in [-0.4, -0.2) is 32.3 Å². The summed E-state index contributed by atoms with van der Waals surface area (Å²) in [6, 6.07) is 7.42. The predicted molar refractivity (Wildman–Crippen MR) is 97.5 cm³/mol. The van der Waals surface area contributed by atoms with E-state index in [1.807, 2.05) is 31.2 Å². The molecule has 1 N–H and O–H groups in total. The first-order valence-corrected chi connectivity index (χ1v) is 8.61. The molecule has 26 heavy (non-hydrogen) atoms. The first kappa shape index (κ1) is 19.6. The Morgan fingerprint density at radius 1 is 1.00 bits per heavy atom. The number of ether oxygens (including phenoxy) is 3. The summed E-state index contributed by atoms with van der Waals surface area (Å²) < 4.78 is 15.6. The molecular formula is C20H25NO5. The fourth-order valence-corrected chi connectivity index (χ4v) is 3.04. The second kappa shape index (κ2) is 8.56. The van der Waals surface area contributed by atoms with Crippen molar-refractivity contribution in [3.05, 3.63) is 52.4 Å². The van der Waals surface area contributed by atoms with Gasteiger partial charge in [0, 0.05) is 11.6 Å². The highest BCUT2D eigenvalue weighted by atomic mass is 16.5. The van der Waals surface area contributed by atoms with Gasteiger partial charge in [-0.3, -0.25) is 0 Å². The molecule has 2 rings (SSSR count). The number of dihydropyridines is 1. The largest absolute Gasteiger partial charge is 0.497 e. The van der Waals surface area contributed by atoms with Crippen LogP contribution < -0.4 is 10.1 Å². The summed E-state index contributed by atoms with van der Waals surface area (Å²) in [6.07, 6.45) is 0. The van der Waals surface area contributed by atoms with E-state index in [9.17, 15) is 9.59 Å². The van der Waals surface area contributed by atoms with Crippen molar-refractivity contribution in [2.75, 3.05) is 20.3 Å². The Kier molecular flexibility index (Phi) is 6.44. The average Bonchev–Trinajstić information content (AvgIpc) is 2.63. The molecule has 0 bridgehead atoms. The van der Waals surface area contributed by atoms with E-state index in [0.717, 1.165) is 5.56 Å². The van der Waals surface area contributed by atoms with Crippen LogP contribution in [0.25, 0.3) is 0 Å². The maximum Gasteiger partial charge on any atom is 0.354 e. The zero-order chi connectivity index (χ0) is 19.3. The quantitative estimate of drug-likeness (QED) is 0.787. The average molecular weight is 359 g/mol. The molecule has 0 aliphatic carbocycles. The molecule has 1 aromatic carbocycles. The molecule has 1 aromatic rings. The second-order valence-corrected chi connectivity index (χ2v) is 5.87. The number of nitrogens with one attached hydrogen (secondary N) is 1. The van der Waals surface area contributed by atoms with Crippen molar-refractivity contribution in [3.63, 3.8) is 0 Å². The summed E-state index contributed by atoms with van der Waals surface area (Å²) in [5.74, 6) is -0.528. The summed E-state index contributed by atoms with van der Waals surface area (Å²) in [5.41, 5.74) is 3.01. The summed E-state index contributed by atoms with van der Waals surface area (Å²) in [7, 11) is 1.59. The zero-order valence-electron chi connectivity index (χ0n) is 15.8. The number of hydrogen-bond donors (Lipinski definition) is 1. The lowest BCUT2D eigenvalue weighted by atomic mass is 9.81. The van der Waals surface area contributed by atoms with E-state index in [1.165, 1.54) is 0 Å². The third-order valence-electron chi connectivity index (χ3n) is 4.26. The normalized spacial score (nSPS) is 16.9. The molecule has 0 aromatic heterocycles. The minimum atomic E-state index is -0.439. The van der Waals surface area contributed by atoms with Gasteiger partial charge in [-0.25, -0.2) is 9.59 Å². The Morgan fingerprint density at radius 3 is 2.12 bits per heavy atom. The summed E-state index contributed by atoms with van der Waals surface area (Å²) in [6.45, 7) is 7.65. The Balaban J connectivity index is 2.56. The Morgan fingerprint density at radius 2 is 1.58 bits per heavy atom. The van der Waals surface area contributed by atoms with E-state index in [1.54, 1.807) is 27.9 Å². The van der Waals surface area contributed by atoms with Gasteiger partial charge in [0.2, 0.25) is 0 Å². The highest BCUT2D eigenvalue weighted by Crippen LogP contribution is 2.39. The number of carbonyl (C=O) groups excluding carboxylic acids is 2. The van der Waals surface area contributed by atoms with Crippen LogP contribution in [0.2, 0.25) is 0 Å². The van der Waals surface area contributed by atoms with Crippen LogP contribution in [0, 0.1) is 0 Å². The van der Waals surface area contributed by atoms with Crippen molar-refractivity contribution in [1.29, 1.82) is 0 Å². The highest BCUT2D eigenvalue weighted by molar-refractivity contribution is 5.96. The van der Waals surface area contributed by atoms with Gasteiger partial charge in [-0.1, -0.05) is 12.1 Å². The molecule has 0 fully saturated rings. The van der Waals surface area contributed by atoms with Crippen molar-refractivity contribution < 1.29 is 23.8 Å². The van der Waals surface area contributed by atoms with E-state index in [-0.39, 0.29) is 13.2 Å². The van der Waals surface area contributed by atoms with E-state index >= 15 is 0 Å². The highest BCUT2D eigenvalue weighted by Gasteiger charge is 2.35. The lowest BCUT2D eigenvalue weighted by molar-refractivity contribution is -0.140. The minimum absolute atomic E-state index is 0.276. The molecule has 1 atom stereocenters. The first-order chi connectivity index (χ1) is 12.4. The molecule has 1 unspecified atom stereocenters. The monoisotopic (exact) mass is 359 g/mol. The van der Waals surface area contributed by atoms with Crippen molar-refractivity contribution in [1.82, 2.24) is 5.32 Å². The summed E-state index contributed by atoms with van der Waals surface area (Å²) in [4.78, 5) is 24.9. The predicted octanol–water partition coefficient (Wildman–Crippen LogP) is 3.06. The van der Waals surface area contributed by atoms with Crippen molar-refractivity contribution in [3.8, 4) is 5.75 Å². The van der Waals surface area contributed by atoms with Gasteiger partial charge in [0.05, 0.1) is 25.9 Å². The summed E-state index contributed by atoms with van der Waals surface area (Å²) in [5, 5.41) is 3.02. The Bertz CT molecular complexity index is 746. The molecule has 0 spiro atoms. The maximum atomic E-state index is 12.6. The molecule has 1 aliphatic rings. The van der Waals surface area contributed by atoms with E-state index in [0.29, 0.717) is 28.3 Å². The van der Waals surface area contributed by atoms with Crippen LogP contribution in [-0.2, 0) is 19.1 Å². The Hall–Kier alpha value is -2.76. The van der Waals surface area contributed by atoms with Crippen LogP contribution >= 0.6 is 0 Å². The van der Waals surface area contributed by atoms with Gasteiger partial charge in [-0.05, 0) is 51.0 Å². The molecule has 1 heterocycles. The van der Waals surface area contributed by atoms with Crippen LogP contribution in [0.1, 0.15) is 39.2 Å². The van der Waals surface area contributed by atoms with Crippen molar-refractivity contribution in [2.24, 2.45) is 0 Å². The van der Waals surface area contributed by atoms with Gasteiger partial charge >= 0.3 is 11.9 Å². The molecule has 0 saturated heterocycles. The topological polar surface area (TPSA) is 73.9 Å². The standard InChI is InChI=1S/C20H25NO5/c1-6-25-19(22)17-13(4)21-18(20(23)26-7-2)12(3)16(17)14-8-10-15(24-5)11-9-14/h8-11,16,21H,6-7H2,1-5H3. The molecule has 1 aliphatic heterocycles. The van der Waals surface area contributed by atoms with Gasteiger partial charge in [0.15, 0.2) is 0 Å². The smallest absolute Gasteiger partial charge is 0.354 e. The lowest BCUT2D eigenvalue weighted by Crippen LogP contribution is -2.33. The molecule has 6 nitrogen and oxygen atoms in total. The second-order valence-electron chi connectivity index (χ2n) is 5.87. The molecule has 6 heteroatoms. The van der Waals surface area contributed by atoms with Gasteiger partial charge < -0.3 is 19.5 Å². The number of carbonyl (C=O) groups is 2. The number of hydrogen-bond acceptors (Lipinski definition) is 6. The van der Waals surface area contributed by atoms with Crippen LogP contribution in [0.3, 0.4) is 0 Å². The first-order valence-electron chi connectivity index (χ1n) is 8.61. The SMILES string of the molecule is CCOC(=O)C1=C(C)C(c2ccc(OC)cc2)C(C(=O)OCC)=C(C)N1. The van der Waals surface area contributed by atoms with E-state index in [2.05, 4.69) is 5.32 Å². The van der Waals surface area contributed by atoms with Crippen molar-refractivity contribution in [2.45, 2.75) is 33.6 Å². The fourth-order valence-electron chi connectivity index (χ4n) is 3.04. The maximum absolute atomic E-state index is 12.6. The van der Waals surface area contributed by atoms with E-state index in [4.69, 9.17) is 14.2 Å². The number of allylic oxidation sites excluding steroid dienone is 2. The van der Waals surface area contributed by atoms with Crippen LogP contribution in [0.5, 0.6) is 5.75 Å². The number of benzene rings is 1. The molecule has 0 radical (unpaired) electrons. The van der Waals surface area contributed by atoms with Crippen LogP contribution in [0.4, 0.5) is 0 Å². The zero-order valence-corrected chi connectivity index (χ0v) is 15.8. The van der Waals surface area contributed by atoms with Crippen molar-refractivity contribution >= 4 is 11.9 Å². The number of methoxy groups -OCH3 is 1. The van der Waals surface area contributed by atoms with Gasteiger partial charge in [0.25, 0.3) is 0 Å². The number of esters is 2. The van der Waals surface area contributed by atoms with Crippen LogP contribution in [0.15, 0.2) is 46.8 Å². The van der Waals surface area contributed by atoms with E-state index < -0.39 is 17.9 Å². The fraction of sp³-hybridized carbons (Fsp3) is 0.400. The molecular weight excluding hydrogens is 334 g/mol.